The number of hydrogen-bond donors (Lipinski definition) is 0. The summed E-state index contributed by atoms with van der Waals surface area (Å²) < 4.78 is 10.9. The van der Waals surface area contributed by atoms with Crippen LogP contribution in [-0.2, 0) is 0 Å². The maximum atomic E-state index is 11.4. The molecule has 23 heavy (non-hydrogen) atoms. The SMILES string of the molecule is O=[N+]([O-])c1c(Oc2ccccc2)ncnc1Oc1cccnc1. The molecule has 2 aromatic heterocycles. The van der Waals surface area contributed by atoms with Gasteiger partial charge in [-0.2, -0.15) is 9.97 Å². The van der Waals surface area contributed by atoms with Crippen molar-refractivity contribution in [1.82, 2.24) is 15.0 Å². The monoisotopic (exact) mass is 310 g/mol. The number of para-hydroxylation sites is 1. The Balaban J connectivity index is 1.97. The second-order valence-electron chi connectivity index (χ2n) is 4.30. The van der Waals surface area contributed by atoms with Crippen molar-refractivity contribution >= 4 is 5.69 Å². The normalized spacial score (nSPS) is 10.1. The zero-order valence-corrected chi connectivity index (χ0v) is 11.7. The third-order valence-electron chi connectivity index (χ3n) is 2.74. The van der Waals surface area contributed by atoms with E-state index in [0.717, 1.165) is 6.33 Å². The van der Waals surface area contributed by atoms with E-state index in [4.69, 9.17) is 9.47 Å². The van der Waals surface area contributed by atoms with Gasteiger partial charge in [0.1, 0.15) is 17.8 Å². The lowest BCUT2D eigenvalue weighted by Crippen LogP contribution is -2.01. The maximum Gasteiger partial charge on any atom is 0.393 e. The Morgan fingerprint density at radius 3 is 2.17 bits per heavy atom. The van der Waals surface area contributed by atoms with Crippen LogP contribution in [0.25, 0.3) is 0 Å². The van der Waals surface area contributed by atoms with Crippen molar-refractivity contribution in [3.8, 4) is 23.3 Å². The molecule has 0 aliphatic rings. The quantitative estimate of drug-likeness (QED) is 0.526. The molecule has 0 spiro atoms. The van der Waals surface area contributed by atoms with E-state index in [9.17, 15) is 10.1 Å². The summed E-state index contributed by atoms with van der Waals surface area (Å²) in [5.41, 5.74) is -0.458. The van der Waals surface area contributed by atoms with Gasteiger partial charge in [-0.25, -0.2) is 0 Å². The molecule has 8 heteroatoms. The average Bonchev–Trinajstić information content (AvgIpc) is 2.56. The Labute approximate surface area is 130 Å². The third kappa shape index (κ3) is 3.38. The summed E-state index contributed by atoms with van der Waals surface area (Å²) in [6.45, 7) is 0. The van der Waals surface area contributed by atoms with E-state index in [0.29, 0.717) is 11.5 Å². The zero-order valence-electron chi connectivity index (χ0n) is 11.7. The molecule has 0 fully saturated rings. The van der Waals surface area contributed by atoms with E-state index in [2.05, 4.69) is 15.0 Å². The molecule has 114 valence electrons. The number of rotatable bonds is 5. The fourth-order valence-electron chi connectivity index (χ4n) is 1.77. The molecule has 0 unspecified atom stereocenters. The van der Waals surface area contributed by atoms with Crippen LogP contribution in [0.1, 0.15) is 0 Å². The van der Waals surface area contributed by atoms with Crippen LogP contribution in [-0.4, -0.2) is 19.9 Å². The molecule has 0 atom stereocenters. The fraction of sp³-hybridized carbons (Fsp3) is 0. The van der Waals surface area contributed by atoms with Crippen molar-refractivity contribution in [2.24, 2.45) is 0 Å². The van der Waals surface area contributed by atoms with Crippen LogP contribution in [0.15, 0.2) is 61.2 Å². The van der Waals surface area contributed by atoms with Crippen LogP contribution in [0.4, 0.5) is 5.69 Å². The van der Waals surface area contributed by atoms with Gasteiger partial charge in [0.05, 0.1) is 11.1 Å². The standard InChI is InChI=1S/C15H10N4O4/c20-19(21)13-14(22-11-5-2-1-3-6-11)17-10-18-15(13)23-12-7-4-8-16-9-12/h1-10H. The minimum atomic E-state index is -0.649. The highest BCUT2D eigenvalue weighted by Gasteiger charge is 2.27. The van der Waals surface area contributed by atoms with Gasteiger partial charge in [-0.05, 0) is 24.3 Å². The molecular weight excluding hydrogens is 300 g/mol. The second kappa shape index (κ2) is 6.48. The summed E-state index contributed by atoms with van der Waals surface area (Å²) in [5, 5.41) is 11.4. The highest BCUT2D eigenvalue weighted by atomic mass is 16.6. The van der Waals surface area contributed by atoms with Crippen molar-refractivity contribution in [1.29, 1.82) is 0 Å². The highest BCUT2D eigenvalue weighted by Crippen LogP contribution is 2.37. The molecule has 8 nitrogen and oxygen atoms in total. The lowest BCUT2D eigenvalue weighted by Gasteiger charge is -2.08. The van der Waals surface area contributed by atoms with Crippen molar-refractivity contribution in [2.45, 2.75) is 0 Å². The summed E-state index contributed by atoms with van der Waals surface area (Å²) in [6, 6.07) is 11.9. The predicted octanol–water partition coefficient (Wildman–Crippen LogP) is 3.36. The van der Waals surface area contributed by atoms with Crippen LogP contribution in [0, 0.1) is 10.1 Å². The molecule has 3 rings (SSSR count). The van der Waals surface area contributed by atoms with Crippen molar-refractivity contribution < 1.29 is 14.4 Å². The first-order valence-corrected chi connectivity index (χ1v) is 6.54. The number of ether oxygens (including phenoxy) is 2. The van der Waals surface area contributed by atoms with E-state index in [1.807, 2.05) is 0 Å². The van der Waals surface area contributed by atoms with Crippen molar-refractivity contribution in [3.63, 3.8) is 0 Å². The summed E-state index contributed by atoms with van der Waals surface area (Å²) in [6.07, 6.45) is 4.12. The van der Waals surface area contributed by atoms with E-state index >= 15 is 0 Å². The smallest absolute Gasteiger partial charge is 0.393 e. The van der Waals surface area contributed by atoms with Crippen LogP contribution >= 0.6 is 0 Å². The molecule has 0 saturated heterocycles. The molecule has 1 aromatic carbocycles. The van der Waals surface area contributed by atoms with E-state index < -0.39 is 10.6 Å². The Morgan fingerprint density at radius 1 is 0.913 bits per heavy atom. The van der Waals surface area contributed by atoms with Crippen LogP contribution in [0.2, 0.25) is 0 Å². The van der Waals surface area contributed by atoms with Crippen LogP contribution in [0.3, 0.4) is 0 Å². The number of pyridine rings is 1. The molecule has 2 heterocycles. The van der Waals surface area contributed by atoms with E-state index in [1.54, 1.807) is 48.7 Å². The minimum absolute atomic E-state index is 0.199. The van der Waals surface area contributed by atoms with Gasteiger partial charge in [0.15, 0.2) is 0 Å². The summed E-state index contributed by atoms with van der Waals surface area (Å²) in [7, 11) is 0. The largest absolute Gasteiger partial charge is 0.433 e. The van der Waals surface area contributed by atoms with Gasteiger partial charge in [0, 0.05) is 6.20 Å². The summed E-state index contributed by atoms with van der Waals surface area (Å²) >= 11 is 0. The number of nitrogens with zero attached hydrogens (tertiary/aromatic N) is 4. The lowest BCUT2D eigenvalue weighted by molar-refractivity contribution is -0.387. The first-order valence-electron chi connectivity index (χ1n) is 6.54. The zero-order chi connectivity index (χ0) is 16.1. The molecule has 0 saturated carbocycles. The first kappa shape index (κ1) is 14.4. The van der Waals surface area contributed by atoms with Gasteiger partial charge in [-0.15, -0.1) is 0 Å². The highest BCUT2D eigenvalue weighted by molar-refractivity contribution is 5.51. The molecule has 0 N–H and O–H groups in total. The molecule has 0 aliphatic carbocycles. The van der Waals surface area contributed by atoms with Gasteiger partial charge in [0.2, 0.25) is 0 Å². The average molecular weight is 310 g/mol. The van der Waals surface area contributed by atoms with Gasteiger partial charge >= 0.3 is 17.4 Å². The van der Waals surface area contributed by atoms with Gasteiger partial charge in [-0.3, -0.25) is 15.1 Å². The van der Waals surface area contributed by atoms with Crippen LogP contribution in [0.5, 0.6) is 23.3 Å². The topological polar surface area (TPSA) is 100 Å². The van der Waals surface area contributed by atoms with Crippen molar-refractivity contribution in [2.75, 3.05) is 0 Å². The maximum absolute atomic E-state index is 11.4. The third-order valence-corrected chi connectivity index (χ3v) is 2.74. The Hall–Kier alpha value is -3.55. The summed E-state index contributed by atoms with van der Waals surface area (Å²) in [4.78, 5) is 22.2. The predicted molar refractivity (Wildman–Crippen MR) is 79.5 cm³/mol. The Kier molecular flexibility index (Phi) is 4.05. The number of benzene rings is 1. The van der Waals surface area contributed by atoms with Crippen molar-refractivity contribution in [3.05, 3.63) is 71.3 Å². The summed E-state index contributed by atoms with van der Waals surface area (Å²) in [5.74, 6) is 0.320. The number of aromatic nitrogens is 3. The fourth-order valence-corrected chi connectivity index (χ4v) is 1.77. The molecule has 0 aliphatic heterocycles. The van der Waals surface area contributed by atoms with Gasteiger partial charge < -0.3 is 9.47 Å². The van der Waals surface area contributed by atoms with Crippen LogP contribution < -0.4 is 9.47 Å². The lowest BCUT2D eigenvalue weighted by atomic mass is 10.3. The number of hydrogen-bond acceptors (Lipinski definition) is 7. The van der Waals surface area contributed by atoms with Gasteiger partial charge in [0.25, 0.3) is 0 Å². The molecule has 3 aromatic rings. The minimum Gasteiger partial charge on any atom is -0.433 e. The Bertz CT molecular complexity index is 752. The van der Waals surface area contributed by atoms with E-state index in [-0.39, 0.29) is 11.8 Å². The Morgan fingerprint density at radius 2 is 1.57 bits per heavy atom. The molecular formula is C15H10N4O4. The van der Waals surface area contributed by atoms with Gasteiger partial charge in [-0.1, -0.05) is 18.2 Å². The second-order valence-corrected chi connectivity index (χ2v) is 4.30. The molecule has 0 radical (unpaired) electrons. The van der Waals surface area contributed by atoms with E-state index in [1.165, 1.54) is 6.20 Å². The number of nitro groups is 1. The molecule has 0 amide bonds. The first-order chi connectivity index (χ1) is 11.2. The molecule has 0 bridgehead atoms.